The predicted molar refractivity (Wildman–Crippen MR) is 98.6 cm³/mol. The van der Waals surface area contributed by atoms with Gasteiger partial charge >= 0.3 is 0 Å². The Morgan fingerprint density at radius 2 is 2.19 bits per heavy atom. The van der Waals surface area contributed by atoms with Gasteiger partial charge in [0.05, 0.1) is 25.1 Å². The van der Waals surface area contributed by atoms with E-state index in [9.17, 15) is 14.3 Å². The third-order valence-corrected chi connectivity index (χ3v) is 6.22. The number of hydrogen-bond acceptors (Lipinski definition) is 5. The van der Waals surface area contributed by atoms with E-state index in [0.717, 1.165) is 11.8 Å². The fourth-order valence-electron chi connectivity index (χ4n) is 3.34. The first-order valence-corrected chi connectivity index (χ1v) is 9.13. The number of hydrogen-bond donors (Lipinski definition) is 2. The molecule has 3 aromatic rings. The molecule has 0 saturated heterocycles. The number of aromatic nitrogens is 2. The summed E-state index contributed by atoms with van der Waals surface area (Å²) in [5.41, 5.74) is -0.480. The van der Waals surface area contributed by atoms with Gasteiger partial charge in [-0.2, -0.15) is 0 Å². The number of fused-ring (bicyclic) bond motifs is 3. The Labute approximate surface area is 153 Å². The summed E-state index contributed by atoms with van der Waals surface area (Å²) in [6.07, 6.45) is 2.67. The maximum absolute atomic E-state index is 14.1. The van der Waals surface area contributed by atoms with Crippen molar-refractivity contribution >= 4 is 21.4 Å². The summed E-state index contributed by atoms with van der Waals surface area (Å²) in [7, 11) is 0. The summed E-state index contributed by atoms with van der Waals surface area (Å²) in [6, 6.07) is 3.38. The number of H-pyrrole nitrogens is 1. The fraction of sp³-hybridized carbons (Fsp3) is 0.368. The molecule has 5 nitrogen and oxygen atoms in total. The van der Waals surface area contributed by atoms with Crippen LogP contribution in [0.15, 0.2) is 29.3 Å². The largest absolute Gasteiger partial charge is 0.381 e. The first kappa shape index (κ1) is 17.3. The van der Waals surface area contributed by atoms with Gasteiger partial charge in [0.1, 0.15) is 16.1 Å². The zero-order valence-electron chi connectivity index (χ0n) is 14.7. The molecule has 7 heteroatoms. The molecule has 0 bridgehead atoms. The van der Waals surface area contributed by atoms with Gasteiger partial charge in [0.15, 0.2) is 0 Å². The molecule has 1 aliphatic rings. The van der Waals surface area contributed by atoms with Crippen LogP contribution in [0.5, 0.6) is 0 Å². The van der Waals surface area contributed by atoms with Gasteiger partial charge in [-0.3, -0.25) is 9.78 Å². The normalized spacial score (nSPS) is 20.3. The van der Waals surface area contributed by atoms with Crippen molar-refractivity contribution < 1.29 is 14.2 Å². The van der Waals surface area contributed by atoms with Gasteiger partial charge in [0.25, 0.3) is 5.56 Å². The van der Waals surface area contributed by atoms with Crippen LogP contribution in [-0.4, -0.2) is 21.7 Å². The second kappa shape index (κ2) is 5.70. The highest BCUT2D eigenvalue weighted by atomic mass is 32.1. The summed E-state index contributed by atoms with van der Waals surface area (Å²) in [4.78, 5) is 20.0. The maximum Gasteiger partial charge on any atom is 0.266 e. The molecule has 4 rings (SSSR count). The van der Waals surface area contributed by atoms with Crippen LogP contribution in [0.2, 0.25) is 0 Å². The Morgan fingerprint density at radius 1 is 1.42 bits per heavy atom. The zero-order valence-corrected chi connectivity index (χ0v) is 15.5. The van der Waals surface area contributed by atoms with Crippen molar-refractivity contribution in [3.63, 3.8) is 0 Å². The van der Waals surface area contributed by atoms with Gasteiger partial charge in [-0.05, 0) is 17.5 Å². The van der Waals surface area contributed by atoms with Gasteiger partial charge in [0, 0.05) is 27.6 Å². The lowest BCUT2D eigenvalue weighted by Crippen LogP contribution is -2.48. The Bertz CT molecular complexity index is 1070. The topological polar surface area (TPSA) is 75.2 Å². The molecule has 0 unspecified atom stereocenters. The van der Waals surface area contributed by atoms with Crippen LogP contribution in [-0.2, 0) is 16.9 Å². The lowest BCUT2D eigenvalue weighted by molar-refractivity contribution is -0.139. The molecule has 0 fully saturated rings. The van der Waals surface area contributed by atoms with Crippen LogP contribution in [0, 0.1) is 11.2 Å². The van der Waals surface area contributed by atoms with Crippen LogP contribution in [0.3, 0.4) is 0 Å². The summed E-state index contributed by atoms with van der Waals surface area (Å²) >= 11 is 1.22. The van der Waals surface area contributed by atoms with Crippen LogP contribution in [0.4, 0.5) is 4.39 Å². The van der Waals surface area contributed by atoms with Crippen molar-refractivity contribution in [2.24, 2.45) is 5.41 Å². The van der Waals surface area contributed by atoms with Crippen molar-refractivity contribution in [3.05, 3.63) is 52.0 Å². The second-order valence-corrected chi connectivity index (χ2v) is 8.67. The molecule has 0 spiro atoms. The maximum atomic E-state index is 14.1. The molecule has 4 heterocycles. The minimum absolute atomic E-state index is 0.112. The number of ether oxygens (including phenoxy) is 1. The van der Waals surface area contributed by atoms with E-state index in [4.69, 9.17) is 4.74 Å². The van der Waals surface area contributed by atoms with Crippen LogP contribution in [0.25, 0.3) is 20.5 Å². The second-order valence-electron chi connectivity index (χ2n) is 7.62. The number of aromatic amines is 1. The summed E-state index contributed by atoms with van der Waals surface area (Å²) < 4.78 is 20.3. The molecule has 0 aromatic carbocycles. The van der Waals surface area contributed by atoms with E-state index in [0.29, 0.717) is 26.2 Å². The first-order chi connectivity index (χ1) is 12.2. The van der Waals surface area contributed by atoms with Crippen molar-refractivity contribution in [2.75, 3.05) is 6.61 Å². The quantitative estimate of drug-likeness (QED) is 0.683. The van der Waals surface area contributed by atoms with Gasteiger partial charge in [-0.15, -0.1) is 11.3 Å². The Balaban J connectivity index is 2.00. The molecule has 3 aromatic heterocycles. The molecule has 1 atom stereocenters. The fourth-order valence-corrected chi connectivity index (χ4v) is 4.45. The third-order valence-electron chi connectivity index (χ3n) is 5.05. The van der Waals surface area contributed by atoms with E-state index in [1.54, 1.807) is 12.1 Å². The number of pyridine rings is 2. The number of rotatable bonds is 1. The Kier molecular flexibility index (Phi) is 3.80. The molecule has 26 heavy (non-hydrogen) atoms. The predicted octanol–water partition coefficient (Wildman–Crippen LogP) is 3.55. The van der Waals surface area contributed by atoms with E-state index in [2.05, 4.69) is 9.97 Å². The van der Waals surface area contributed by atoms with E-state index >= 15 is 0 Å². The Hall–Kier alpha value is -2.09. The van der Waals surface area contributed by atoms with Crippen molar-refractivity contribution in [2.45, 2.75) is 33.0 Å². The number of aliphatic hydroxyl groups is 1. The van der Waals surface area contributed by atoms with Gasteiger partial charge in [-0.25, -0.2) is 4.39 Å². The standard InChI is InChI=1S/C19H19FN2O3S/c1-18(2,3)19(24)9-25-8-12-11-6-14(10-4-5-21-7-13(10)20)26-15(11)17(23)22-16(12)19/h4-7,24H,8-9H2,1-3H3,(H,22,23)/t19-/m0/s1. The number of halogens is 1. The minimum Gasteiger partial charge on any atom is -0.381 e. The highest BCUT2D eigenvalue weighted by Gasteiger charge is 2.47. The van der Waals surface area contributed by atoms with Crippen molar-refractivity contribution in [1.29, 1.82) is 0 Å². The smallest absolute Gasteiger partial charge is 0.266 e. The lowest BCUT2D eigenvalue weighted by Gasteiger charge is -2.43. The Morgan fingerprint density at radius 3 is 2.88 bits per heavy atom. The average Bonchev–Trinajstić information content (AvgIpc) is 3.01. The number of thiophene rings is 1. The molecule has 136 valence electrons. The monoisotopic (exact) mass is 374 g/mol. The molecule has 0 radical (unpaired) electrons. The zero-order chi connectivity index (χ0) is 18.7. The van der Waals surface area contributed by atoms with Gasteiger partial charge < -0.3 is 14.8 Å². The van der Waals surface area contributed by atoms with E-state index in [-0.39, 0.29) is 18.8 Å². The third kappa shape index (κ3) is 2.42. The highest BCUT2D eigenvalue weighted by molar-refractivity contribution is 7.22. The van der Waals surface area contributed by atoms with E-state index in [1.165, 1.54) is 17.5 Å². The molecule has 0 amide bonds. The summed E-state index contributed by atoms with van der Waals surface area (Å²) in [6.45, 7) is 6.11. The van der Waals surface area contributed by atoms with Gasteiger partial charge in [-0.1, -0.05) is 20.8 Å². The molecular formula is C19H19FN2O3S. The summed E-state index contributed by atoms with van der Waals surface area (Å²) in [5.74, 6) is -0.438. The molecule has 0 saturated carbocycles. The van der Waals surface area contributed by atoms with Crippen molar-refractivity contribution in [1.82, 2.24) is 9.97 Å². The van der Waals surface area contributed by atoms with Crippen molar-refractivity contribution in [3.8, 4) is 10.4 Å². The molecule has 1 aliphatic heterocycles. The summed E-state index contributed by atoms with van der Waals surface area (Å²) in [5, 5.41) is 11.9. The SMILES string of the molecule is CC(C)(C)[C@]1(O)COCc2c1[nH]c(=O)c1sc(-c3ccncc3F)cc21. The number of nitrogens with zero attached hydrogens (tertiary/aromatic N) is 1. The van der Waals surface area contributed by atoms with Crippen LogP contribution >= 0.6 is 11.3 Å². The lowest BCUT2D eigenvalue weighted by atomic mass is 9.72. The highest BCUT2D eigenvalue weighted by Crippen LogP contribution is 2.45. The van der Waals surface area contributed by atoms with Crippen LogP contribution < -0.4 is 5.56 Å². The molecule has 0 aliphatic carbocycles. The van der Waals surface area contributed by atoms with Gasteiger partial charge in [0.2, 0.25) is 0 Å². The molecular weight excluding hydrogens is 355 g/mol. The van der Waals surface area contributed by atoms with E-state index < -0.39 is 16.8 Å². The first-order valence-electron chi connectivity index (χ1n) is 8.31. The average molecular weight is 374 g/mol. The van der Waals surface area contributed by atoms with Crippen LogP contribution in [0.1, 0.15) is 32.0 Å². The minimum atomic E-state index is -1.31. The molecule has 2 N–H and O–H groups in total. The van der Waals surface area contributed by atoms with E-state index in [1.807, 2.05) is 20.8 Å². The number of nitrogens with one attached hydrogen (secondary N) is 1.